The van der Waals surface area contributed by atoms with Crippen LogP contribution in [0.3, 0.4) is 0 Å². The van der Waals surface area contributed by atoms with Crippen LogP contribution in [-0.2, 0) is 30.4 Å². The summed E-state index contributed by atoms with van der Waals surface area (Å²) in [6.45, 7) is -1.35. The van der Waals surface area contributed by atoms with Gasteiger partial charge in [0.15, 0.2) is 0 Å². The van der Waals surface area contributed by atoms with Gasteiger partial charge in [0, 0.05) is 29.9 Å². The molecule has 0 bridgehead atoms. The molecule has 1 aromatic heterocycles. The number of aliphatic hydroxyl groups excluding tert-OH is 1. The van der Waals surface area contributed by atoms with Gasteiger partial charge in [0.05, 0.1) is 19.2 Å². The Bertz CT molecular complexity index is 1050. The molecule has 13 heteroatoms. The number of hydrogen-bond donors (Lipinski definition) is 8. The summed E-state index contributed by atoms with van der Waals surface area (Å²) in [7, 11) is 0. The summed E-state index contributed by atoms with van der Waals surface area (Å²) in [4.78, 5) is 62.2. The Morgan fingerprint density at radius 3 is 2.38 bits per heavy atom. The van der Waals surface area contributed by atoms with Crippen LogP contribution in [0.5, 0.6) is 0 Å². The number of amides is 4. The lowest BCUT2D eigenvalue weighted by Crippen LogP contribution is -2.55. The number of aromatic amines is 1. The molecule has 0 aliphatic heterocycles. The molecule has 184 valence electrons. The van der Waals surface area contributed by atoms with Gasteiger partial charge in [-0.25, -0.2) is 4.79 Å². The number of carboxylic acid groups (broad SMARTS) is 1. The van der Waals surface area contributed by atoms with E-state index in [1.807, 2.05) is 18.2 Å². The Hall–Kier alpha value is -3.97. The number of nitrogens with two attached hydrogens (primary N) is 2. The Kier molecular flexibility index (Phi) is 9.52. The smallest absolute Gasteiger partial charge is 0.328 e. The minimum Gasteiger partial charge on any atom is -0.480 e. The van der Waals surface area contributed by atoms with Crippen LogP contribution in [0.2, 0.25) is 0 Å². The van der Waals surface area contributed by atoms with E-state index >= 15 is 0 Å². The summed E-state index contributed by atoms with van der Waals surface area (Å²) in [6, 6.07) is 3.46. The van der Waals surface area contributed by atoms with E-state index < -0.39 is 60.9 Å². The number of carbonyl (C=O) groups is 5. The Labute approximate surface area is 194 Å². The van der Waals surface area contributed by atoms with Gasteiger partial charge in [0.25, 0.3) is 0 Å². The average Bonchev–Trinajstić information content (AvgIpc) is 3.21. The lowest BCUT2D eigenvalue weighted by molar-refractivity contribution is -0.143. The van der Waals surface area contributed by atoms with Crippen molar-refractivity contribution in [2.75, 3.05) is 13.2 Å². The van der Waals surface area contributed by atoms with Crippen LogP contribution in [0.15, 0.2) is 30.5 Å². The molecule has 1 heterocycles. The van der Waals surface area contributed by atoms with E-state index in [0.29, 0.717) is 5.56 Å². The Balaban J connectivity index is 2.08. The Morgan fingerprint density at radius 1 is 1.03 bits per heavy atom. The standard InChI is InChI=1S/C21H28N6O7/c22-13(5-6-17(23)29)19(31)25-9-18(30)26-15(20(32)27-16(10-28)21(33)34)7-11-8-24-14-4-2-1-3-12(11)14/h1-4,8,13,15-16,24,28H,5-7,9-10,22H2,(H2,23,29)(H,25,31)(H,26,30)(H,27,32)(H,33,34). The zero-order chi connectivity index (χ0) is 25.3. The quantitative estimate of drug-likeness (QED) is 0.153. The maximum atomic E-state index is 12.7. The number of carbonyl (C=O) groups excluding carboxylic acids is 4. The third-order valence-corrected chi connectivity index (χ3v) is 5.01. The molecule has 3 atom stereocenters. The zero-order valence-corrected chi connectivity index (χ0v) is 18.2. The van der Waals surface area contributed by atoms with Crippen molar-refractivity contribution in [2.45, 2.75) is 37.4 Å². The lowest BCUT2D eigenvalue weighted by atomic mass is 10.0. The highest BCUT2D eigenvalue weighted by molar-refractivity contribution is 5.93. The van der Waals surface area contributed by atoms with Crippen LogP contribution in [0.1, 0.15) is 18.4 Å². The van der Waals surface area contributed by atoms with Crippen molar-refractivity contribution >= 4 is 40.5 Å². The maximum absolute atomic E-state index is 12.7. The number of nitrogens with one attached hydrogen (secondary N) is 4. The van der Waals surface area contributed by atoms with Gasteiger partial charge in [-0.2, -0.15) is 0 Å². The summed E-state index contributed by atoms with van der Waals surface area (Å²) in [5.74, 6) is -4.30. The second kappa shape index (κ2) is 12.3. The molecule has 10 N–H and O–H groups in total. The monoisotopic (exact) mass is 476 g/mol. The number of aromatic nitrogens is 1. The van der Waals surface area contributed by atoms with Gasteiger partial charge < -0.3 is 42.6 Å². The number of primary amides is 1. The van der Waals surface area contributed by atoms with Crippen LogP contribution in [-0.4, -0.2) is 76.1 Å². The molecule has 1 aromatic carbocycles. The molecule has 13 nitrogen and oxygen atoms in total. The van der Waals surface area contributed by atoms with Crippen molar-refractivity contribution in [2.24, 2.45) is 11.5 Å². The van der Waals surface area contributed by atoms with E-state index in [2.05, 4.69) is 20.9 Å². The number of carboxylic acids is 1. The van der Waals surface area contributed by atoms with E-state index in [-0.39, 0.29) is 19.3 Å². The second-order valence-corrected chi connectivity index (χ2v) is 7.59. The molecule has 3 unspecified atom stereocenters. The minimum atomic E-state index is -1.56. The largest absolute Gasteiger partial charge is 0.480 e. The number of rotatable bonds is 13. The molecule has 2 rings (SSSR count). The topological polar surface area (TPSA) is 230 Å². The molecular formula is C21H28N6O7. The predicted octanol–water partition coefficient (Wildman–Crippen LogP) is -2.53. The van der Waals surface area contributed by atoms with E-state index in [9.17, 15) is 29.1 Å². The summed E-state index contributed by atoms with van der Waals surface area (Å²) < 4.78 is 0. The summed E-state index contributed by atoms with van der Waals surface area (Å²) in [5, 5.41) is 26.1. The normalized spacial score (nSPS) is 13.5. The van der Waals surface area contributed by atoms with Crippen molar-refractivity contribution in [3.05, 3.63) is 36.0 Å². The number of hydrogen-bond acceptors (Lipinski definition) is 7. The molecular weight excluding hydrogens is 448 g/mol. The third kappa shape index (κ3) is 7.56. The molecule has 0 fully saturated rings. The molecule has 0 aliphatic carbocycles. The van der Waals surface area contributed by atoms with Crippen LogP contribution in [0, 0.1) is 0 Å². The van der Waals surface area contributed by atoms with Crippen molar-refractivity contribution in [1.29, 1.82) is 0 Å². The summed E-state index contributed by atoms with van der Waals surface area (Å²) >= 11 is 0. The predicted molar refractivity (Wildman–Crippen MR) is 120 cm³/mol. The molecule has 0 saturated carbocycles. The van der Waals surface area contributed by atoms with Gasteiger partial charge in [-0.15, -0.1) is 0 Å². The summed E-state index contributed by atoms with van der Waals surface area (Å²) in [6.07, 6.45) is 1.58. The SMILES string of the molecule is NC(=O)CCC(N)C(=O)NCC(=O)NC(Cc1c[nH]c2ccccc12)C(=O)NC(CO)C(=O)O. The van der Waals surface area contributed by atoms with Gasteiger partial charge in [-0.3, -0.25) is 19.2 Å². The summed E-state index contributed by atoms with van der Waals surface area (Å²) in [5.41, 5.74) is 12.2. The lowest BCUT2D eigenvalue weighted by Gasteiger charge is -2.21. The van der Waals surface area contributed by atoms with Crippen molar-refractivity contribution in [3.8, 4) is 0 Å². The van der Waals surface area contributed by atoms with E-state index in [1.165, 1.54) is 0 Å². The molecule has 4 amide bonds. The van der Waals surface area contributed by atoms with Gasteiger partial charge in [-0.05, 0) is 18.1 Å². The fourth-order valence-electron chi connectivity index (χ4n) is 3.16. The first kappa shape index (κ1) is 26.3. The number of fused-ring (bicyclic) bond motifs is 1. The van der Waals surface area contributed by atoms with Crippen molar-refractivity contribution in [1.82, 2.24) is 20.9 Å². The number of para-hydroxylation sites is 1. The average molecular weight is 476 g/mol. The highest BCUT2D eigenvalue weighted by atomic mass is 16.4. The molecule has 0 radical (unpaired) electrons. The van der Waals surface area contributed by atoms with Gasteiger partial charge in [0.2, 0.25) is 23.6 Å². The fraction of sp³-hybridized carbons (Fsp3) is 0.381. The first-order valence-electron chi connectivity index (χ1n) is 10.4. The number of benzene rings is 1. The molecule has 34 heavy (non-hydrogen) atoms. The van der Waals surface area contributed by atoms with Crippen LogP contribution in [0.25, 0.3) is 10.9 Å². The molecule has 2 aromatic rings. The van der Waals surface area contributed by atoms with Gasteiger partial charge in [-0.1, -0.05) is 18.2 Å². The number of aliphatic carboxylic acids is 1. The maximum Gasteiger partial charge on any atom is 0.328 e. The minimum absolute atomic E-state index is 0.00538. The third-order valence-electron chi connectivity index (χ3n) is 5.01. The van der Waals surface area contributed by atoms with Crippen LogP contribution in [0.4, 0.5) is 0 Å². The number of H-pyrrole nitrogens is 1. The van der Waals surface area contributed by atoms with E-state index in [4.69, 9.17) is 16.6 Å². The fourth-order valence-corrected chi connectivity index (χ4v) is 3.16. The van der Waals surface area contributed by atoms with Crippen LogP contribution < -0.4 is 27.4 Å². The van der Waals surface area contributed by atoms with Gasteiger partial charge >= 0.3 is 5.97 Å². The first-order chi connectivity index (χ1) is 16.1. The second-order valence-electron chi connectivity index (χ2n) is 7.59. The molecule has 0 saturated heterocycles. The number of aliphatic hydroxyl groups is 1. The molecule has 0 aliphatic rings. The van der Waals surface area contributed by atoms with Crippen LogP contribution >= 0.6 is 0 Å². The first-order valence-corrected chi connectivity index (χ1v) is 10.4. The Morgan fingerprint density at radius 2 is 1.74 bits per heavy atom. The highest BCUT2D eigenvalue weighted by Crippen LogP contribution is 2.19. The van der Waals surface area contributed by atoms with Gasteiger partial charge in [0.1, 0.15) is 12.1 Å². The highest BCUT2D eigenvalue weighted by Gasteiger charge is 2.27. The zero-order valence-electron chi connectivity index (χ0n) is 18.2. The van der Waals surface area contributed by atoms with Crippen molar-refractivity contribution < 1.29 is 34.2 Å². The van der Waals surface area contributed by atoms with E-state index in [1.54, 1.807) is 12.3 Å². The van der Waals surface area contributed by atoms with E-state index in [0.717, 1.165) is 10.9 Å². The van der Waals surface area contributed by atoms with Crippen molar-refractivity contribution in [3.63, 3.8) is 0 Å². The molecule has 0 spiro atoms.